The van der Waals surface area contributed by atoms with Crippen molar-refractivity contribution in [1.82, 2.24) is 19.7 Å². The fourth-order valence-electron chi connectivity index (χ4n) is 14.2. The fourth-order valence-corrected chi connectivity index (χ4v) is 15.5. The Labute approximate surface area is 535 Å². The first-order chi connectivity index (χ1) is 41.3. The average Bonchev–Trinajstić information content (AvgIpc) is 1.68. The molecule has 6 saturated heterocycles. The molecule has 486 valence electrons. The number of nitrogens with zero attached hydrogens (tertiary/aromatic N) is 5. The number of amides is 3. The Bertz CT molecular complexity index is 2710. The molecule has 1 aromatic carbocycles. The second-order valence-electron chi connectivity index (χ2n) is 25.6. The Kier molecular flexibility index (Phi) is 22.2. The maximum absolute atomic E-state index is 15.5. The van der Waals surface area contributed by atoms with Crippen LogP contribution in [0.3, 0.4) is 0 Å². The van der Waals surface area contributed by atoms with Crippen LogP contribution in [0.25, 0.3) is 0 Å². The molecule has 1 aliphatic carbocycles. The number of esters is 1. The van der Waals surface area contributed by atoms with E-state index in [0.29, 0.717) is 85.8 Å². The Morgan fingerprint density at radius 3 is 2.30 bits per heavy atom. The third kappa shape index (κ3) is 14.5. The number of fused-ring (bicyclic) bond motifs is 3. The highest BCUT2D eigenvalue weighted by molar-refractivity contribution is 14.1. The summed E-state index contributed by atoms with van der Waals surface area (Å²) in [5.74, 6) is -3.14. The summed E-state index contributed by atoms with van der Waals surface area (Å²) in [5.41, 5.74) is -2.42. The molecule has 0 spiro atoms. The van der Waals surface area contributed by atoms with Crippen molar-refractivity contribution < 1.29 is 81.5 Å². The number of ketones is 1. The zero-order valence-corrected chi connectivity index (χ0v) is 55.7. The predicted octanol–water partition coefficient (Wildman–Crippen LogP) is 8.59. The number of anilines is 1. The van der Waals surface area contributed by atoms with Gasteiger partial charge in [0.05, 0.1) is 96.7 Å². The quantitative estimate of drug-likeness (QED) is 0.0653. The monoisotopic (exact) mass is 1370 g/mol. The number of hydrogen-bond acceptors (Lipinski definition) is 19. The Morgan fingerprint density at radius 1 is 0.920 bits per heavy atom. The van der Waals surface area contributed by atoms with E-state index in [2.05, 4.69) is 9.88 Å². The highest BCUT2D eigenvalue weighted by Crippen LogP contribution is 2.48. The number of rotatable bonds is 17. The van der Waals surface area contributed by atoms with Gasteiger partial charge in [-0.2, -0.15) is 0 Å². The number of carbonyl (C=O) groups is 4. The van der Waals surface area contributed by atoms with E-state index >= 15 is 9.59 Å². The molecule has 9 rings (SSSR count). The number of likely N-dealkylation sites (N-methyl/N-ethyl adjacent to an activating group) is 1. The van der Waals surface area contributed by atoms with Gasteiger partial charge in [0.1, 0.15) is 18.0 Å². The molecule has 2 bridgehead atoms. The van der Waals surface area contributed by atoms with Crippen molar-refractivity contribution in [2.24, 2.45) is 23.7 Å². The van der Waals surface area contributed by atoms with Gasteiger partial charge in [0.2, 0.25) is 0 Å². The van der Waals surface area contributed by atoms with Crippen LogP contribution in [0.15, 0.2) is 30.6 Å². The minimum absolute atomic E-state index is 0.0218. The van der Waals surface area contributed by atoms with Gasteiger partial charge < -0.3 is 81.9 Å². The molecule has 6 aliphatic heterocycles. The SMILES string of the molecule is COc1ccc(N(CCCCN2C(=O)O[C@]3(C)[C@@H](I)OC(=O)[C@H](C)[C@@H](O[C@H]4C[C@@](C)(OC)[C@@H](O)[C@H](C)O4)[C@H](C)[C@@H](O[C@@H]4O[C@H](C)C[C@H](N(C)C(=O)N5CCOCC5)[C@H]4O)[C@@]4(C)C[C@@H](CO4)C(=O)[C@H](C)[C@@H]23)Cc2c(Cl)cncc2Cl)cc1OC1CCCC1. The van der Waals surface area contributed by atoms with Crippen LogP contribution in [0.2, 0.25) is 10.0 Å². The van der Waals surface area contributed by atoms with Crippen molar-refractivity contribution in [3.63, 3.8) is 0 Å². The van der Waals surface area contributed by atoms with Crippen LogP contribution < -0.4 is 14.4 Å². The number of morpholine rings is 1. The molecule has 87 heavy (non-hydrogen) atoms. The number of aliphatic hydroxyl groups excluding tert-OH is 2. The topological polar surface area (TPSA) is 236 Å². The van der Waals surface area contributed by atoms with Crippen molar-refractivity contribution >= 4 is 75.4 Å². The normalized spacial score (nSPS) is 37.1. The first kappa shape index (κ1) is 67.8. The molecule has 1 saturated carbocycles. The third-order valence-corrected chi connectivity index (χ3v) is 21.6. The number of unbranched alkanes of at least 4 members (excludes halogenated alkanes) is 1. The van der Waals surface area contributed by atoms with Gasteiger partial charge in [-0.1, -0.05) is 37.0 Å². The largest absolute Gasteiger partial charge is 0.493 e. The van der Waals surface area contributed by atoms with Crippen molar-refractivity contribution in [3.8, 4) is 11.5 Å². The van der Waals surface area contributed by atoms with Gasteiger partial charge in [-0.25, -0.2) is 9.59 Å². The fraction of sp³-hybridized carbons (Fsp3) is 0.758. The number of aliphatic hydroxyl groups is 2. The molecule has 22 nitrogen and oxygen atoms in total. The van der Waals surface area contributed by atoms with E-state index in [9.17, 15) is 19.8 Å². The molecule has 7 aliphatic rings. The average molecular weight is 1380 g/mol. The number of hydrogen-bond donors (Lipinski definition) is 2. The van der Waals surface area contributed by atoms with Gasteiger partial charge in [0.25, 0.3) is 0 Å². The van der Waals surface area contributed by atoms with Crippen molar-refractivity contribution in [2.75, 3.05) is 72.2 Å². The number of alkyl halides is 1. The summed E-state index contributed by atoms with van der Waals surface area (Å²) in [6.45, 7) is 16.8. The van der Waals surface area contributed by atoms with Crippen molar-refractivity contribution in [3.05, 3.63) is 46.2 Å². The Balaban J connectivity index is 1.01. The maximum atomic E-state index is 15.5. The lowest BCUT2D eigenvalue weighted by atomic mass is 9.75. The summed E-state index contributed by atoms with van der Waals surface area (Å²) in [4.78, 5) is 70.2. The van der Waals surface area contributed by atoms with E-state index in [0.717, 1.165) is 31.4 Å². The summed E-state index contributed by atoms with van der Waals surface area (Å²) >= 11 is 15.5. The Hall–Kier alpha value is -3.60. The van der Waals surface area contributed by atoms with Crippen LogP contribution in [-0.2, 0) is 58.8 Å². The molecule has 7 fully saturated rings. The minimum Gasteiger partial charge on any atom is -0.493 e. The lowest BCUT2D eigenvalue weighted by molar-refractivity contribution is -0.316. The Morgan fingerprint density at radius 2 is 1.62 bits per heavy atom. The van der Waals surface area contributed by atoms with E-state index in [1.165, 1.54) is 12.0 Å². The summed E-state index contributed by atoms with van der Waals surface area (Å²) in [6.07, 6.45) is 0.0879. The standard InChI is InChI=1S/C62H90Cl2IN5O17/c1-34-26-45(67(9)58(75)68-22-24-79-25-23-68)50(72)56(81-34)85-54-36(3)51(84-48-29-60(6,78-11)53(73)38(5)82-48)37(4)55(74)86-57(65)62(8)52(35(2)49(71)39-28-61(54,7)80-33-39)70(59(76)87-62)21-15-14-20-69(32-42-43(63)30-66-31-44(42)64)40-18-19-46(77-10)47(27-40)83-41-16-12-13-17-41/h18-19,27,30-31,34-39,41,45,48,50-54,56-57,72-73H,12-17,20-26,28-29,32-33H2,1-11H3/t34-,35+,36+,37-,38+,39+,45+,48+,50-,51+,52-,53+,54-,56+,57+,60-,61-,62+/m1/s1. The summed E-state index contributed by atoms with van der Waals surface area (Å²) in [6, 6.07) is 3.91. The van der Waals surface area contributed by atoms with E-state index < -0.39 is 118 Å². The molecular formula is C62H90Cl2IN5O17. The molecule has 0 radical (unpaired) electrons. The molecular weight excluding hydrogens is 1280 g/mol. The van der Waals surface area contributed by atoms with Gasteiger partial charge in [-0.05, 0) is 128 Å². The molecule has 25 heteroatoms. The summed E-state index contributed by atoms with van der Waals surface area (Å²) in [7, 11) is 4.78. The van der Waals surface area contributed by atoms with Crippen LogP contribution in [0.5, 0.6) is 11.5 Å². The smallest absolute Gasteiger partial charge is 0.410 e. The van der Waals surface area contributed by atoms with E-state index in [1.54, 1.807) is 71.0 Å². The number of cyclic esters (lactones) is 1. The van der Waals surface area contributed by atoms with Crippen LogP contribution in [0.1, 0.15) is 119 Å². The van der Waals surface area contributed by atoms with Crippen LogP contribution >= 0.6 is 45.8 Å². The number of halogens is 3. The predicted molar refractivity (Wildman–Crippen MR) is 329 cm³/mol. The molecule has 2 aromatic rings. The van der Waals surface area contributed by atoms with Crippen molar-refractivity contribution in [2.45, 2.75) is 208 Å². The molecule has 18 atom stereocenters. The third-order valence-electron chi connectivity index (χ3n) is 19.4. The zero-order chi connectivity index (χ0) is 62.9. The molecule has 7 heterocycles. The molecule has 1 aromatic heterocycles. The first-order valence-electron chi connectivity index (χ1n) is 30.8. The highest BCUT2D eigenvalue weighted by atomic mass is 127. The molecule has 0 unspecified atom stereocenters. The zero-order valence-electron chi connectivity index (χ0n) is 52.0. The van der Waals surface area contributed by atoms with Crippen LogP contribution in [-0.4, -0.2) is 209 Å². The number of pyridine rings is 1. The van der Waals surface area contributed by atoms with Gasteiger partial charge in [-0.3, -0.25) is 14.6 Å². The number of carbonyl (C=O) groups excluding carboxylic acids is 4. The summed E-state index contributed by atoms with van der Waals surface area (Å²) in [5, 5.41) is 24.4. The number of Topliss-reactive ketones (excluding diaryl/α,β-unsaturated/α-hetero) is 1. The minimum atomic E-state index is -1.54. The van der Waals surface area contributed by atoms with E-state index in [-0.39, 0.29) is 43.9 Å². The van der Waals surface area contributed by atoms with Gasteiger partial charge in [0.15, 0.2) is 33.8 Å². The number of aromatic nitrogens is 1. The maximum Gasteiger partial charge on any atom is 0.410 e. The first-order valence-corrected chi connectivity index (χ1v) is 32.8. The van der Waals surface area contributed by atoms with Gasteiger partial charge in [0, 0.05) is 101 Å². The highest BCUT2D eigenvalue weighted by Gasteiger charge is 2.62. The second kappa shape index (κ2) is 28.5. The number of urea groups is 1. The van der Waals surface area contributed by atoms with Gasteiger partial charge in [-0.15, -0.1) is 0 Å². The lowest BCUT2D eigenvalue weighted by Gasteiger charge is -2.49. The van der Waals surface area contributed by atoms with E-state index in [4.69, 9.17) is 75.3 Å². The number of methoxy groups -OCH3 is 2. The summed E-state index contributed by atoms with van der Waals surface area (Å²) < 4.78 is 69.0. The number of benzene rings is 1. The van der Waals surface area contributed by atoms with Crippen LogP contribution in [0, 0.1) is 23.7 Å². The number of ether oxygens (including phenoxy) is 11. The molecule has 3 amide bonds. The van der Waals surface area contributed by atoms with E-state index in [1.807, 2.05) is 61.6 Å². The second-order valence-corrected chi connectivity index (χ2v) is 27.5. The van der Waals surface area contributed by atoms with Crippen LogP contribution in [0.4, 0.5) is 15.3 Å². The van der Waals surface area contributed by atoms with Gasteiger partial charge >= 0.3 is 18.1 Å². The molecule has 2 N–H and O–H groups in total. The lowest BCUT2D eigenvalue weighted by Crippen LogP contribution is -2.62. The van der Waals surface area contributed by atoms with Crippen molar-refractivity contribution in [1.29, 1.82) is 0 Å².